The minimum Gasteiger partial charge on any atom is -0.376 e. The van der Waals surface area contributed by atoms with Crippen LogP contribution in [0.5, 0.6) is 0 Å². The van der Waals surface area contributed by atoms with E-state index in [2.05, 4.69) is 24.1 Å². The number of hydrogen-bond acceptors (Lipinski definition) is 3. The molecule has 2 rings (SSSR count). The maximum Gasteiger partial charge on any atom is 0.253 e. The molecule has 4 nitrogen and oxygen atoms in total. The summed E-state index contributed by atoms with van der Waals surface area (Å²) in [6, 6.07) is 1.70. The van der Waals surface area contributed by atoms with Crippen molar-refractivity contribution in [2.45, 2.75) is 45.3 Å². The topological polar surface area (TPSA) is 51.2 Å². The Hall–Kier alpha value is -1.13. The Bertz CT molecular complexity index is 465. The predicted molar refractivity (Wildman–Crippen MR) is 78.9 cm³/mol. The van der Waals surface area contributed by atoms with E-state index >= 15 is 0 Å². The van der Waals surface area contributed by atoms with Gasteiger partial charge in [0.05, 0.1) is 22.7 Å². The van der Waals surface area contributed by atoms with Crippen LogP contribution in [0.2, 0.25) is 5.02 Å². The maximum atomic E-state index is 12.3. The predicted octanol–water partition coefficient (Wildman–Crippen LogP) is 3.06. The van der Waals surface area contributed by atoms with Gasteiger partial charge in [-0.15, -0.1) is 0 Å². The van der Waals surface area contributed by atoms with Crippen molar-refractivity contribution >= 4 is 17.5 Å². The molecule has 0 radical (unpaired) electrons. The highest BCUT2D eigenvalue weighted by molar-refractivity contribution is 6.33. The first-order valence-electron chi connectivity index (χ1n) is 7.10. The summed E-state index contributed by atoms with van der Waals surface area (Å²) >= 11 is 6.00. The van der Waals surface area contributed by atoms with Crippen molar-refractivity contribution in [3.05, 3.63) is 29.0 Å². The first-order chi connectivity index (χ1) is 9.58. The van der Waals surface area contributed by atoms with Gasteiger partial charge in [0.25, 0.3) is 5.91 Å². The molecular formula is C15H21ClN2O2. The highest BCUT2D eigenvalue weighted by atomic mass is 35.5. The molecule has 1 aliphatic rings. The van der Waals surface area contributed by atoms with Gasteiger partial charge in [0, 0.05) is 19.0 Å². The normalized spacial score (nSPS) is 22.8. The van der Waals surface area contributed by atoms with Gasteiger partial charge in [0.15, 0.2) is 0 Å². The lowest BCUT2D eigenvalue weighted by atomic mass is 9.94. The Balaban J connectivity index is 2.03. The van der Waals surface area contributed by atoms with Crippen LogP contribution in [0.4, 0.5) is 0 Å². The van der Waals surface area contributed by atoms with Crippen LogP contribution < -0.4 is 5.32 Å². The fraction of sp³-hybridized carbons (Fsp3) is 0.600. The number of pyridine rings is 1. The second-order valence-corrected chi connectivity index (χ2v) is 6.02. The van der Waals surface area contributed by atoms with E-state index in [4.69, 9.17) is 16.3 Å². The third-order valence-corrected chi connectivity index (χ3v) is 3.78. The summed E-state index contributed by atoms with van der Waals surface area (Å²) < 4.78 is 5.81. The fourth-order valence-corrected chi connectivity index (χ4v) is 2.71. The summed E-state index contributed by atoms with van der Waals surface area (Å²) in [5, 5.41) is 3.43. The zero-order chi connectivity index (χ0) is 14.5. The van der Waals surface area contributed by atoms with Crippen molar-refractivity contribution in [2.24, 2.45) is 5.92 Å². The van der Waals surface area contributed by atoms with E-state index in [9.17, 15) is 4.79 Å². The molecule has 0 aliphatic carbocycles. The third kappa shape index (κ3) is 3.93. The van der Waals surface area contributed by atoms with Crippen molar-refractivity contribution in [1.82, 2.24) is 10.3 Å². The SMILES string of the molecule is CC(C)C[C@@H]1OCCC[C@H]1NC(=O)c1ccncc1Cl. The average Bonchev–Trinajstić information content (AvgIpc) is 2.41. The Kier molecular flexibility index (Phi) is 5.38. The van der Waals surface area contributed by atoms with E-state index < -0.39 is 0 Å². The summed E-state index contributed by atoms with van der Waals surface area (Å²) in [4.78, 5) is 16.2. The highest BCUT2D eigenvalue weighted by Crippen LogP contribution is 2.21. The van der Waals surface area contributed by atoms with Crippen LogP contribution >= 0.6 is 11.6 Å². The number of aromatic nitrogens is 1. The summed E-state index contributed by atoms with van der Waals surface area (Å²) in [7, 11) is 0. The lowest BCUT2D eigenvalue weighted by Gasteiger charge is -2.33. The van der Waals surface area contributed by atoms with Gasteiger partial charge in [-0.2, -0.15) is 0 Å². The molecule has 1 fully saturated rings. The Morgan fingerprint density at radius 1 is 1.60 bits per heavy atom. The van der Waals surface area contributed by atoms with Gasteiger partial charge < -0.3 is 10.1 Å². The van der Waals surface area contributed by atoms with E-state index in [1.807, 2.05) is 0 Å². The molecule has 1 saturated heterocycles. The molecule has 5 heteroatoms. The van der Waals surface area contributed by atoms with Crippen LogP contribution in [-0.4, -0.2) is 29.6 Å². The first-order valence-corrected chi connectivity index (χ1v) is 7.47. The third-order valence-electron chi connectivity index (χ3n) is 3.48. The summed E-state index contributed by atoms with van der Waals surface area (Å²) in [6.45, 7) is 5.10. The number of rotatable bonds is 4. The Morgan fingerprint density at radius 2 is 2.40 bits per heavy atom. The molecule has 2 atom stereocenters. The minimum absolute atomic E-state index is 0.0582. The molecule has 0 aromatic carbocycles. The van der Waals surface area contributed by atoms with E-state index in [1.54, 1.807) is 12.3 Å². The van der Waals surface area contributed by atoms with Crippen molar-refractivity contribution in [3.8, 4) is 0 Å². The number of ether oxygens (including phenoxy) is 1. The summed E-state index contributed by atoms with van der Waals surface area (Å²) in [5.41, 5.74) is 0.468. The fourth-order valence-electron chi connectivity index (χ4n) is 2.51. The molecule has 0 bridgehead atoms. The van der Waals surface area contributed by atoms with Gasteiger partial charge in [0.1, 0.15) is 0 Å². The number of amides is 1. The van der Waals surface area contributed by atoms with E-state index in [-0.39, 0.29) is 18.1 Å². The lowest BCUT2D eigenvalue weighted by molar-refractivity contribution is -0.0186. The van der Waals surface area contributed by atoms with Crippen molar-refractivity contribution in [1.29, 1.82) is 0 Å². The molecule has 0 spiro atoms. The second-order valence-electron chi connectivity index (χ2n) is 5.62. The van der Waals surface area contributed by atoms with Crippen molar-refractivity contribution < 1.29 is 9.53 Å². The zero-order valence-corrected chi connectivity index (χ0v) is 12.7. The summed E-state index contributed by atoms with van der Waals surface area (Å²) in [6.07, 6.45) is 6.03. The molecule has 0 saturated carbocycles. The van der Waals surface area contributed by atoms with Gasteiger partial charge in [0.2, 0.25) is 0 Å². The van der Waals surface area contributed by atoms with Crippen LogP contribution in [0.15, 0.2) is 18.5 Å². The number of hydrogen-bond donors (Lipinski definition) is 1. The zero-order valence-electron chi connectivity index (χ0n) is 11.9. The van der Waals surface area contributed by atoms with E-state index in [1.165, 1.54) is 6.20 Å². The number of halogens is 1. The number of carbonyl (C=O) groups excluding carboxylic acids is 1. The van der Waals surface area contributed by atoms with Crippen LogP contribution in [0.25, 0.3) is 0 Å². The van der Waals surface area contributed by atoms with Gasteiger partial charge >= 0.3 is 0 Å². The Morgan fingerprint density at radius 3 is 3.10 bits per heavy atom. The monoisotopic (exact) mass is 296 g/mol. The van der Waals surface area contributed by atoms with Gasteiger partial charge in [-0.25, -0.2) is 0 Å². The largest absolute Gasteiger partial charge is 0.376 e. The molecular weight excluding hydrogens is 276 g/mol. The molecule has 20 heavy (non-hydrogen) atoms. The molecule has 1 aromatic rings. The van der Waals surface area contributed by atoms with Crippen molar-refractivity contribution in [3.63, 3.8) is 0 Å². The molecule has 1 amide bonds. The second kappa shape index (κ2) is 7.04. The summed E-state index contributed by atoms with van der Waals surface area (Å²) in [5.74, 6) is 0.392. The van der Waals surface area contributed by atoms with Gasteiger partial charge in [-0.1, -0.05) is 25.4 Å². The van der Waals surface area contributed by atoms with E-state index in [0.717, 1.165) is 25.9 Å². The minimum atomic E-state index is -0.151. The average molecular weight is 297 g/mol. The molecule has 0 unspecified atom stereocenters. The molecule has 1 aliphatic heterocycles. The molecule has 2 heterocycles. The number of carbonyl (C=O) groups is 1. The van der Waals surface area contributed by atoms with Crippen LogP contribution in [0.3, 0.4) is 0 Å². The first kappa shape index (κ1) is 15.3. The molecule has 110 valence electrons. The molecule has 1 aromatic heterocycles. The highest BCUT2D eigenvalue weighted by Gasteiger charge is 2.28. The van der Waals surface area contributed by atoms with E-state index in [0.29, 0.717) is 16.5 Å². The quantitative estimate of drug-likeness (QED) is 0.929. The standard InChI is InChI=1S/C15H21ClN2O2/c1-10(2)8-14-13(4-3-7-20-14)18-15(19)11-5-6-17-9-12(11)16/h5-6,9-10,13-14H,3-4,7-8H2,1-2H3,(H,18,19)/t13-,14+/m1/s1. The lowest BCUT2D eigenvalue weighted by Crippen LogP contribution is -2.47. The van der Waals surface area contributed by atoms with Crippen LogP contribution in [0, 0.1) is 5.92 Å². The Labute approximate surface area is 124 Å². The van der Waals surface area contributed by atoms with Crippen molar-refractivity contribution in [2.75, 3.05) is 6.61 Å². The molecule has 1 N–H and O–H groups in total. The number of nitrogens with zero attached hydrogens (tertiary/aromatic N) is 1. The van der Waals surface area contributed by atoms with Gasteiger partial charge in [-0.3, -0.25) is 9.78 Å². The smallest absolute Gasteiger partial charge is 0.253 e. The van der Waals surface area contributed by atoms with Crippen LogP contribution in [0.1, 0.15) is 43.5 Å². The van der Waals surface area contributed by atoms with Crippen LogP contribution in [-0.2, 0) is 4.74 Å². The maximum absolute atomic E-state index is 12.3. The number of nitrogens with one attached hydrogen (secondary N) is 1. The van der Waals surface area contributed by atoms with Gasteiger partial charge in [-0.05, 0) is 31.2 Å².